The molecule has 2 aliphatic carbocycles. The maximum absolute atomic E-state index is 12.9. The third-order valence-corrected chi connectivity index (χ3v) is 5.49. The third-order valence-electron chi connectivity index (χ3n) is 5.49. The minimum Gasteiger partial charge on any atom is -0.481 e. The molecule has 6 heteroatoms. The summed E-state index contributed by atoms with van der Waals surface area (Å²) >= 11 is 0. The molecule has 0 spiro atoms. The molecule has 27 heavy (non-hydrogen) atoms. The Bertz CT molecular complexity index is 708. The van der Waals surface area contributed by atoms with Gasteiger partial charge in [0.2, 0.25) is 5.91 Å². The number of nitrogens with one attached hydrogen (secondary N) is 1. The number of hydrogen-bond acceptors (Lipinski definition) is 3. The highest BCUT2D eigenvalue weighted by atomic mass is 16.4. The van der Waals surface area contributed by atoms with E-state index >= 15 is 0 Å². The number of carboxylic acids is 1. The number of nitrogens with zero attached hydrogens (tertiary/aromatic N) is 1. The smallest absolute Gasteiger partial charge is 0.308 e. The third kappa shape index (κ3) is 5.08. The summed E-state index contributed by atoms with van der Waals surface area (Å²) in [5.41, 5.74) is 1.11. The van der Waals surface area contributed by atoms with Gasteiger partial charge >= 0.3 is 5.97 Å². The molecule has 2 fully saturated rings. The molecule has 0 radical (unpaired) electrons. The van der Waals surface area contributed by atoms with Crippen molar-refractivity contribution < 1.29 is 19.5 Å². The minimum atomic E-state index is -0.901. The van der Waals surface area contributed by atoms with E-state index in [4.69, 9.17) is 5.11 Å². The molecule has 0 bridgehead atoms. The van der Waals surface area contributed by atoms with Crippen LogP contribution in [0, 0.1) is 11.8 Å². The average Bonchev–Trinajstić information content (AvgIpc) is 3.51. The van der Waals surface area contributed by atoms with Gasteiger partial charge in [0.05, 0.1) is 5.92 Å². The minimum absolute atomic E-state index is 0.0258. The summed E-state index contributed by atoms with van der Waals surface area (Å²) in [7, 11) is 0. The highest BCUT2D eigenvalue weighted by Crippen LogP contribution is 2.30. The van der Waals surface area contributed by atoms with Gasteiger partial charge in [-0.15, -0.1) is 0 Å². The van der Waals surface area contributed by atoms with Crippen LogP contribution < -0.4 is 5.32 Å². The van der Waals surface area contributed by atoms with E-state index < -0.39 is 11.9 Å². The van der Waals surface area contributed by atoms with E-state index in [-0.39, 0.29) is 30.3 Å². The monoisotopic (exact) mass is 372 g/mol. The summed E-state index contributed by atoms with van der Waals surface area (Å²) in [6.45, 7) is 1.82. The standard InChI is InChI=1S/C21H28N2O4/c1-14(21(26)27)13-23(18-10-11-18)20(25)16-8-5-9-17(12-16)22-19(24)15-6-3-2-4-7-15/h5,8-9,12,14-15,18H,2-4,6-7,10-11,13H2,1H3,(H,22,24)(H,26,27). The van der Waals surface area contributed by atoms with E-state index in [1.165, 1.54) is 6.42 Å². The Hall–Kier alpha value is -2.37. The van der Waals surface area contributed by atoms with E-state index in [1.54, 1.807) is 36.1 Å². The molecule has 2 saturated carbocycles. The van der Waals surface area contributed by atoms with Crippen LogP contribution in [-0.2, 0) is 9.59 Å². The van der Waals surface area contributed by atoms with Gasteiger partial charge < -0.3 is 15.3 Å². The zero-order valence-electron chi connectivity index (χ0n) is 15.8. The Morgan fingerprint density at radius 1 is 1.15 bits per heavy atom. The predicted molar refractivity (Wildman–Crippen MR) is 103 cm³/mol. The maximum Gasteiger partial charge on any atom is 0.308 e. The number of carboxylic acid groups (broad SMARTS) is 1. The van der Waals surface area contributed by atoms with Crippen LogP contribution in [0.25, 0.3) is 0 Å². The van der Waals surface area contributed by atoms with E-state index in [0.717, 1.165) is 38.5 Å². The molecule has 0 aromatic heterocycles. The summed E-state index contributed by atoms with van der Waals surface area (Å²) in [5, 5.41) is 12.1. The fraction of sp³-hybridized carbons (Fsp3) is 0.571. The fourth-order valence-corrected chi connectivity index (χ4v) is 3.66. The van der Waals surface area contributed by atoms with Crippen molar-refractivity contribution in [2.45, 2.75) is 57.9 Å². The molecule has 3 rings (SSSR count). The Labute approximate surface area is 159 Å². The van der Waals surface area contributed by atoms with E-state index in [9.17, 15) is 14.4 Å². The van der Waals surface area contributed by atoms with Crippen LogP contribution in [0.2, 0.25) is 0 Å². The summed E-state index contributed by atoms with van der Waals surface area (Å²) < 4.78 is 0. The largest absolute Gasteiger partial charge is 0.481 e. The number of amides is 2. The fourth-order valence-electron chi connectivity index (χ4n) is 3.66. The van der Waals surface area contributed by atoms with Crippen LogP contribution >= 0.6 is 0 Å². The van der Waals surface area contributed by atoms with Gasteiger partial charge in [-0.25, -0.2) is 0 Å². The lowest BCUT2D eigenvalue weighted by molar-refractivity contribution is -0.141. The van der Waals surface area contributed by atoms with Crippen molar-refractivity contribution in [3.8, 4) is 0 Å². The lowest BCUT2D eigenvalue weighted by Gasteiger charge is -2.25. The number of aliphatic carboxylic acids is 1. The number of rotatable bonds is 7. The molecule has 1 unspecified atom stereocenters. The Kier molecular flexibility index (Phi) is 6.14. The Morgan fingerprint density at radius 3 is 2.48 bits per heavy atom. The zero-order valence-corrected chi connectivity index (χ0v) is 15.8. The van der Waals surface area contributed by atoms with Crippen LogP contribution in [0.1, 0.15) is 62.2 Å². The van der Waals surface area contributed by atoms with E-state index in [2.05, 4.69) is 5.32 Å². The molecule has 1 atom stereocenters. The van der Waals surface area contributed by atoms with Gasteiger partial charge in [0.25, 0.3) is 5.91 Å². The molecule has 1 aromatic carbocycles. The van der Waals surface area contributed by atoms with Crippen LogP contribution in [0.5, 0.6) is 0 Å². The second kappa shape index (κ2) is 8.55. The van der Waals surface area contributed by atoms with Crippen molar-refractivity contribution in [3.05, 3.63) is 29.8 Å². The highest BCUT2D eigenvalue weighted by molar-refractivity contribution is 5.98. The van der Waals surface area contributed by atoms with E-state index in [0.29, 0.717) is 11.3 Å². The predicted octanol–water partition coefficient (Wildman–Crippen LogP) is 3.53. The molecule has 2 amide bonds. The molecule has 2 aliphatic rings. The molecule has 6 nitrogen and oxygen atoms in total. The first-order valence-electron chi connectivity index (χ1n) is 9.90. The lowest BCUT2D eigenvalue weighted by atomic mass is 9.88. The zero-order chi connectivity index (χ0) is 19.4. The quantitative estimate of drug-likeness (QED) is 0.766. The summed E-state index contributed by atoms with van der Waals surface area (Å²) in [6, 6.07) is 7.09. The lowest BCUT2D eigenvalue weighted by Crippen LogP contribution is -2.38. The second-order valence-corrected chi connectivity index (χ2v) is 7.83. The van der Waals surface area contributed by atoms with Crippen LogP contribution in [0.4, 0.5) is 5.69 Å². The average molecular weight is 372 g/mol. The molecule has 2 N–H and O–H groups in total. The summed E-state index contributed by atoms with van der Waals surface area (Å²) in [4.78, 5) is 38.2. The van der Waals surface area contributed by atoms with Crippen LogP contribution in [0.15, 0.2) is 24.3 Å². The molecular formula is C21H28N2O4. The number of anilines is 1. The van der Waals surface area contributed by atoms with Crippen molar-refractivity contribution >= 4 is 23.5 Å². The number of hydrogen-bond donors (Lipinski definition) is 2. The van der Waals surface area contributed by atoms with Gasteiger partial charge in [0.15, 0.2) is 0 Å². The molecule has 0 heterocycles. The molecule has 0 saturated heterocycles. The number of carbonyl (C=O) groups is 3. The Morgan fingerprint density at radius 2 is 1.85 bits per heavy atom. The van der Waals surface area contributed by atoms with Gasteiger partial charge in [-0.05, 0) is 43.9 Å². The van der Waals surface area contributed by atoms with Crippen molar-refractivity contribution in [3.63, 3.8) is 0 Å². The Balaban J connectivity index is 1.68. The highest BCUT2D eigenvalue weighted by Gasteiger charge is 2.35. The molecule has 1 aromatic rings. The van der Waals surface area contributed by atoms with E-state index in [1.807, 2.05) is 0 Å². The first-order valence-corrected chi connectivity index (χ1v) is 9.90. The van der Waals surface area contributed by atoms with Crippen molar-refractivity contribution in [2.24, 2.45) is 11.8 Å². The number of benzene rings is 1. The van der Waals surface area contributed by atoms with Crippen molar-refractivity contribution in [1.82, 2.24) is 4.90 Å². The normalized spacial score (nSPS) is 18.6. The maximum atomic E-state index is 12.9. The SMILES string of the molecule is CC(CN(C(=O)c1cccc(NC(=O)C2CCCCC2)c1)C1CC1)C(=O)O. The van der Waals surface area contributed by atoms with Gasteiger partial charge in [0, 0.05) is 29.8 Å². The molecule has 0 aliphatic heterocycles. The first-order chi connectivity index (χ1) is 13.0. The van der Waals surface area contributed by atoms with Gasteiger partial charge in [-0.1, -0.05) is 32.3 Å². The van der Waals surface area contributed by atoms with Crippen molar-refractivity contribution in [2.75, 3.05) is 11.9 Å². The van der Waals surface area contributed by atoms with Gasteiger partial charge in [-0.2, -0.15) is 0 Å². The molecule has 146 valence electrons. The van der Waals surface area contributed by atoms with Gasteiger partial charge in [0.1, 0.15) is 0 Å². The molecular weight excluding hydrogens is 344 g/mol. The van der Waals surface area contributed by atoms with Gasteiger partial charge in [-0.3, -0.25) is 14.4 Å². The van der Waals surface area contributed by atoms with Crippen molar-refractivity contribution in [1.29, 1.82) is 0 Å². The van der Waals surface area contributed by atoms with Crippen LogP contribution in [-0.4, -0.2) is 40.4 Å². The number of carbonyl (C=O) groups excluding carboxylic acids is 2. The summed E-state index contributed by atoms with van der Waals surface area (Å²) in [6.07, 6.45) is 7.05. The first kappa shape index (κ1) is 19.4. The van der Waals surface area contributed by atoms with Crippen LogP contribution in [0.3, 0.4) is 0 Å². The summed E-state index contributed by atoms with van der Waals surface area (Å²) in [5.74, 6) is -1.60. The second-order valence-electron chi connectivity index (χ2n) is 7.83. The topological polar surface area (TPSA) is 86.7 Å².